The Morgan fingerprint density at radius 1 is 2.00 bits per heavy atom. The van der Waals surface area contributed by atoms with Crippen LogP contribution in [0.3, 0.4) is 0 Å². The summed E-state index contributed by atoms with van der Waals surface area (Å²) in [5, 5.41) is 0. The van der Waals surface area contributed by atoms with Crippen LogP contribution < -0.4 is 5.73 Å². The number of hydrogen-bond donors (Lipinski definition) is 1. The van der Waals surface area contributed by atoms with E-state index in [1.165, 1.54) is 0 Å². The first-order chi connectivity index (χ1) is 2.81. The normalized spacial score (nSPS) is 6.67. The third-order valence-corrected chi connectivity index (χ3v) is 0.346. The molecule has 0 aromatic rings. The lowest BCUT2D eigenvalue weighted by atomic mass is 10.4. The first-order valence-electron chi connectivity index (χ1n) is 1.50. The Balaban J connectivity index is 3.33. The summed E-state index contributed by atoms with van der Waals surface area (Å²) in [6, 6.07) is 0. The minimum Gasteiger partial charge on any atom is -0.323 e. The molecule has 0 aromatic heterocycles. The van der Waals surface area contributed by atoms with Gasteiger partial charge in [-0.3, -0.25) is 4.79 Å². The molecule has 6 heavy (non-hydrogen) atoms. The molecule has 0 aliphatic carbocycles. The molecule has 2 heteroatoms. The van der Waals surface area contributed by atoms with Crippen LogP contribution in [0.4, 0.5) is 0 Å². The van der Waals surface area contributed by atoms with Crippen molar-refractivity contribution in [3.05, 3.63) is 0 Å². The number of nitrogens with two attached hydrogens (primary N) is 1. The van der Waals surface area contributed by atoms with Crippen molar-refractivity contribution < 1.29 is 4.79 Å². The predicted molar refractivity (Wildman–Crippen MR) is 22.9 cm³/mol. The van der Waals surface area contributed by atoms with Gasteiger partial charge in [0.25, 0.3) is 0 Å². The summed E-state index contributed by atoms with van der Waals surface area (Å²) in [7, 11) is 0. The molecule has 0 radical (unpaired) electrons. The summed E-state index contributed by atoms with van der Waals surface area (Å²) in [5.74, 6) is 1.50. The van der Waals surface area contributed by atoms with Gasteiger partial charge in [-0.1, -0.05) is 0 Å². The zero-order chi connectivity index (χ0) is 4.99. The zero-order valence-electron chi connectivity index (χ0n) is 3.27. The highest BCUT2D eigenvalue weighted by molar-refractivity contribution is 5.96. The molecule has 0 aliphatic rings. The highest BCUT2D eigenvalue weighted by atomic mass is 16.1. The molecule has 0 saturated carbocycles. The maximum atomic E-state index is 9.82. The molecule has 0 bridgehead atoms. The van der Waals surface area contributed by atoms with E-state index in [1.807, 2.05) is 5.92 Å². The second-order valence-electron chi connectivity index (χ2n) is 0.772. The SMILES string of the molecule is C#CC(=O)CN. The maximum Gasteiger partial charge on any atom is 0.218 e. The molecular formula is C4H5NO. The van der Waals surface area contributed by atoms with Crippen molar-refractivity contribution in [2.24, 2.45) is 5.73 Å². The number of Topliss-reactive ketones (excluding diaryl/α,β-unsaturated/α-hetero) is 1. The molecule has 0 amide bonds. The van der Waals surface area contributed by atoms with E-state index in [4.69, 9.17) is 5.73 Å². The Labute approximate surface area is 36.3 Å². The second-order valence-corrected chi connectivity index (χ2v) is 0.772. The molecule has 0 spiro atoms. The lowest BCUT2D eigenvalue weighted by Crippen LogP contribution is -2.09. The Bertz CT molecular complexity index is 90.2. The molecule has 0 rings (SSSR count). The van der Waals surface area contributed by atoms with Crippen LogP contribution >= 0.6 is 0 Å². The van der Waals surface area contributed by atoms with Crippen LogP contribution in [0.5, 0.6) is 0 Å². The number of terminal acetylenes is 1. The van der Waals surface area contributed by atoms with Gasteiger partial charge in [0.15, 0.2) is 0 Å². The fourth-order valence-electron chi connectivity index (χ4n) is 0.0589. The van der Waals surface area contributed by atoms with E-state index in [9.17, 15) is 4.79 Å². The van der Waals surface area contributed by atoms with E-state index in [2.05, 4.69) is 6.42 Å². The van der Waals surface area contributed by atoms with E-state index in [-0.39, 0.29) is 12.3 Å². The summed E-state index contributed by atoms with van der Waals surface area (Å²) in [4.78, 5) is 9.82. The Morgan fingerprint density at radius 2 is 2.50 bits per heavy atom. The summed E-state index contributed by atoms with van der Waals surface area (Å²) >= 11 is 0. The number of carbonyl (C=O) groups is 1. The zero-order valence-corrected chi connectivity index (χ0v) is 3.27. The summed E-state index contributed by atoms with van der Waals surface area (Å²) in [5.41, 5.74) is 4.79. The van der Waals surface area contributed by atoms with E-state index in [1.54, 1.807) is 0 Å². The first-order valence-corrected chi connectivity index (χ1v) is 1.50. The van der Waals surface area contributed by atoms with E-state index >= 15 is 0 Å². The van der Waals surface area contributed by atoms with Crippen LogP contribution in [-0.4, -0.2) is 12.3 Å². The molecule has 0 unspecified atom stereocenters. The average Bonchev–Trinajstić information content (AvgIpc) is 1.65. The first kappa shape index (κ1) is 5.19. The number of hydrogen-bond acceptors (Lipinski definition) is 2. The van der Waals surface area contributed by atoms with Crippen LogP contribution in [0, 0.1) is 12.3 Å². The van der Waals surface area contributed by atoms with Crippen LogP contribution in [0.1, 0.15) is 0 Å². The van der Waals surface area contributed by atoms with Gasteiger partial charge in [-0.2, -0.15) is 0 Å². The molecule has 0 heterocycles. The molecular weight excluding hydrogens is 78.1 g/mol. The molecule has 0 aromatic carbocycles. The highest BCUT2D eigenvalue weighted by Crippen LogP contribution is 1.53. The number of carbonyl (C=O) groups excluding carboxylic acids is 1. The van der Waals surface area contributed by atoms with Gasteiger partial charge in [0.05, 0.1) is 6.54 Å². The summed E-state index contributed by atoms with van der Waals surface area (Å²) in [6.07, 6.45) is 4.60. The Kier molecular flexibility index (Phi) is 2.10. The number of rotatable bonds is 1. The lowest BCUT2D eigenvalue weighted by Gasteiger charge is -1.73. The molecule has 0 aliphatic heterocycles. The molecule has 2 nitrogen and oxygen atoms in total. The minimum absolute atomic E-state index is 0.0451. The standard InChI is InChI=1S/C4H5NO/c1-2-4(6)3-5/h1H,3,5H2. The van der Waals surface area contributed by atoms with Crippen LogP contribution in [0.15, 0.2) is 0 Å². The van der Waals surface area contributed by atoms with Crippen molar-refractivity contribution >= 4 is 5.78 Å². The molecule has 0 saturated heterocycles. The fraction of sp³-hybridized carbons (Fsp3) is 0.250. The van der Waals surface area contributed by atoms with Crippen molar-refractivity contribution in [2.45, 2.75) is 0 Å². The minimum atomic E-state index is -0.352. The van der Waals surface area contributed by atoms with Crippen LogP contribution in [0.25, 0.3) is 0 Å². The van der Waals surface area contributed by atoms with Crippen molar-refractivity contribution in [1.29, 1.82) is 0 Å². The van der Waals surface area contributed by atoms with Crippen LogP contribution in [0.2, 0.25) is 0 Å². The smallest absolute Gasteiger partial charge is 0.218 e. The topological polar surface area (TPSA) is 43.1 Å². The van der Waals surface area contributed by atoms with Gasteiger partial charge in [0, 0.05) is 0 Å². The van der Waals surface area contributed by atoms with Crippen LogP contribution in [-0.2, 0) is 4.79 Å². The molecule has 0 fully saturated rings. The van der Waals surface area contributed by atoms with Gasteiger partial charge in [0.1, 0.15) is 0 Å². The van der Waals surface area contributed by atoms with Gasteiger partial charge in [0.2, 0.25) is 5.78 Å². The second kappa shape index (κ2) is 2.43. The Morgan fingerprint density at radius 3 is 2.50 bits per heavy atom. The molecule has 2 N–H and O–H groups in total. The third kappa shape index (κ3) is 1.50. The lowest BCUT2D eigenvalue weighted by molar-refractivity contribution is -0.112. The van der Waals surface area contributed by atoms with Gasteiger partial charge >= 0.3 is 0 Å². The fourth-order valence-corrected chi connectivity index (χ4v) is 0.0589. The maximum absolute atomic E-state index is 9.82. The third-order valence-electron chi connectivity index (χ3n) is 0.346. The van der Waals surface area contributed by atoms with Gasteiger partial charge < -0.3 is 5.73 Å². The summed E-state index contributed by atoms with van der Waals surface area (Å²) < 4.78 is 0. The van der Waals surface area contributed by atoms with Crippen molar-refractivity contribution in [2.75, 3.05) is 6.54 Å². The number of ketones is 1. The molecule has 0 atom stereocenters. The van der Waals surface area contributed by atoms with E-state index < -0.39 is 0 Å². The van der Waals surface area contributed by atoms with Gasteiger partial charge in [-0.25, -0.2) is 0 Å². The predicted octanol–water partition coefficient (Wildman–Crippen LogP) is -0.853. The Hall–Kier alpha value is -0.810. The summed E-state index contributed by atoms with van der Waals surface area (Å²) in [6.45, 7) is -0.0451. The van der Waals surface area contributed by atoms with E-state index in [0.29, 0.717) is 0 Å². The highest BCUT2D eigenvalue weighted by Gasteiger charge is 1.83. The van der Waals surface area contributed by atoms with Crippen molar-refractivity contribution in [3.8, 4) is 12.3 Å². The monoisotopic (exact) mass is 83.0 g/mol. The van der Waals surface area contributed by atoms with Crippen molar-refractivity contribution in [3.63, 3.8) is 0 Å². The molecule has 32 valence electrons. The van der Waals surface area contributed by atoms with Gasteiger partial charge in [-0.15, -0.1) is 6.42 Å². The average molecular weight is 83.1 g/mol. The van der Waals surface area contributed by atoms with E-state index in [0.717, 1.165) is 0 Å². The quantitative estimate of drug-likeness (QED) is 0.331. The van der Waals surface area contributed by atoms with Crippen molar-refractivity contribution in [1.82, 2.24) is 0 Å². The van der Waals surface area contributed by atoms with Gasteiger partial charge in [-0.05, 0) is 5.92 Å². The largest absolute Gasteiger partial charge is 0.323 e.